The molecule has 0 radical (unpaired) electrons. The number of carbonyl (C=O) groups excluding carboxylic acids is 1. The van der Waals surface area contributed by atoms with Gasteiger partial charge in [0.15, 0.2) is 7.05 Å². The fraction of sp³-hybridized carbons (Fsp3) is 0.111. The minimum atomic E-state index is -0.894. The lowest BCUT2D eigenvalue weighted by atomic mass is 10.1. The van der Waals surface area contributed by atoms with Crippen LogP contribution in [-0.2, 0) is 7.05 Å². The van der Waals surface area contributed by atoms with Crippen LogP contribution in [0.3, 0.4) is 0 Å². The summed E-state index contributed by atoms with van der Waals surface area (Å²) in [7, 11) is 2.76. The van der Waals surface area contributed by atoms with Crippen molar-refractivity contribution in [1.29, 1.82) is 0 Å². The first-order valence-electron chi connectivity index (χ1n) is 7.67. The number of pyridine rings is 1. The number of nitrogens with zero attached hydrogens (tertiary/aromatic N) is 2. The SMILES string of the molecule is Cn1c(=O)c(C(=O)Nc2cc([N+](C)=O)ccc2O)c(O)c2ccccc21. The Morgan fingerprint density at radius 2 is 1.85 bits per heavy atom. The molecule has 3 aromatic rings. The first-order valence-corrected chi connectivity index (χ1v) is 7.67. The van der Waals surface area contributed by atoms with Crippen LogP contribution in [0.25, 0.3) is 10.9 Å². The fourth-order valence-electron chi connectivity index (χ4n) is 2.69. The molecule has 3 N–H and O–H groups in total. The molecule has 8 heteroatoms. The molecule has 26 heavy (non-hydrogen) atoms. The first kappa shape index (κ1) is 17.2. The Morgan fingerprint density at radius 3 is 2.54 bits per heavy atom. The van der Waals surface area contributed by atoms with E-state index in [0.29, 0.717) is 15.7 Å². The smallest absolute Gasteiger partial charge is 0.267 e. The van der Waals surface area contributed by atoms with E-state index >= 15 is 0 Å². The number of aromatic nitrogens is 1. The number of carbonyl (C=O) groups is 1. The maximum atomic E-state index is 12.6. The number of amides is 1. The summed E-state index contributed by atoms with van der Waals surface area (Å²) in [5.74, 6) is -1.62. The van der Waals surface area contributed by atoms with E-state index in [0.717, 1.165) is 0 Å². The van der Waals surface area contributed by atoms with Crippen molar-refractivity contribution in [2.45, 2.75) is 0 Å². The molecule has 132 valence electrons. The van der Waals surface area contributed by atoms with Crippen LogP contribution in [0.1, 0.15) is 10.4 Å². The summed E-state index contributed by atoms with van der Waals surface area (Å²) in [6.07, 6.45) is 0. The van der Waals surface area contributed by atoms with Crippen LogP contribution in [0.15, 0.2) is 47.3 Å². The Hall–Kier alpha value is -3.68. The second kappa shape index (κ2) is 6.32. The molecule has 8 nitrogen and oxygen atoms in total. The largest absolute Gasteiger partial charge is 0.506 e. The maximum Gasteiger partial charge on any atom is 0.267 e. The zero-order chi connectivity index (χ0) is 19.0. The molecule has 0 spiro atoms. The number of hydrogen-bond donors (Lipinski definition) is 3. The van der Waals surface area contributed by atoms with Crippen molar-refractivity contribution >= 4 is 28.2 Å². The van der Waals surface area contributed by atoms with Crippen LogP contribution in [0.2, 0.25) is 0 Å². The zero-order valence-electron chi connectivity index (χ0n) is 14.1. The van der Waals surface area contributed by atoms with Crippen molar-refractivity contribution in [2.75, 3.05) is 12.4 Å². The van der Waals surface area contributed by atoms with E-state index in [1.54, 1.807) is 24.3 Å². The van der Waals surface area contributed by atoms with E-state index in [4.69, 9.17) is 0 Å². The van der Waals surface area contributed by atoms with Crippen LogP contribution < -0.4 is 10.9 Å². The molecule has 2 aromatic carbocycles. The predicted molar refractivity (Wildman–Crippen MR) is 96.1 cm³/mol. The van der Waals surface area contributed by atoms with Gasteiger partial charge in [0.2, 0.25) is 0 Å². The molecule has 0 fully saturated rings. The number of benzene rings is 2. The summed E-state index contributed by atoms with van der Waals surface area (Å²) in [5, 5.41) is 23.0. The van der Waals surface area contributed by atoms with Crippen molar-refractivity contribution in [3.05, 3.63) is 63.3 Å². The highest BCUT2D eigenvalue weighted by atomic mass is 16.3. The lowest BCUT2D eigenvalue weighted by Gasteiger charge is -2.12. The van der Waals surface area contributed by atoms with Gasteiger partial charge < -0.3 is 20.1 Å². The molecular formula is C18H16N3O5+. The second-order valence-corrected chi connectivity index (χ2v) is 5.76. The molecule has 0 bridgehead atoms. The molecule has 0 aliphatic carbocycles. The Bertz CT molecular complexity index is 1120. The molecule has 0 atom stereocenters. The summed E-state index contributed by atoms with van der Waals surface area (Å²) >= 11 is 0. The van der Waals surface area contributed by atoms with E-state index in [9.17, 15) is 24.7 Å². The summed E-state index contributed by atoms with van der Waals surface area (Å²) < 4.78 is 1.81. The number of aromatic hydroxyl groups is 2. The normalized spacial score (nSPS) is 10.7. The zero-order valence-corrected chi connectivity index (χ0v) is 14.1. The number of anilines is 1. The topological polar surface area (TPSA) is 112 Å². The summed E-state index contributed by atoms with van der Waals surface area (Å²) in [6, 6.07) is 10.5. The van der Waals surface area contributed by atoms with Crippen molar-refractivity contribution in [2.24, 2.45) is 7.05 Å². The van der Waals surface area contributed by atoms with E-state index < -0.39 is 22.8 Å². The number of phenols is 1. The van der Waals surface area contributed by atoms with Crippen molar-refractivity contribution < 1.29 is 19.8 Å². The molecular weight excluding hydrogens is 338 g/mol. The predicted octanol–water partition coefficient (Wildman–Crippen LogP) is 2.24. The average molecular weight is 354 g/mol. The Morgan fingerprint density at radius 1 is 1.15 bits per heavy atom. The van der Waals surface area contributed by atoms with Gasteiger partial charge in [0, 0.05) is 34.2 Å². The number of para-hydroxylation sites is 1. The Kier molecular flexibility index (Phi) is 4.17. The number of hydrogen-bond acceptors (Lipinski definition) is 5. The van der Waals surface area contributed by atoms with Gasteiger partial charge in [-0.1, -0.05) is 12.1 Å². The summed E-state index contributed by atoms with van der Waals surface area (Å²) in [4.78, 5) is 36.5. The highest BCUT2D eigenvalue weighted by Crippen LogP contribution is 2.30. The minimum absolute atomic E-state index is 0.0511. The van der Waals surface area contributed by atoms with E-state index in [-0.39, 0.29) is 17.1 Å². The van der Waals surface area contributed by atoms with Gasteiger partial charge in [0.25, 0.3) is 17.2 Å². The summed E-state index contributed by atoms with van der Waals surface area (Å²) in [5.41, 5.74) is -0.510. The number of nitrogens with one attached hydrogen (secondary N) is 1. The van der Waals surface area contributed by atoms with Crippen LogP contribution in [0, 0.1) is 4.91 Å². The molecule has 0 unspecified atom stereocenters. The van der Waals surface area contributed by atoms with Crippen LogP contribution in [0.4, 0.5) is 11.4 Å². The van der Waals surface area contributed by atoms with Crippen molar-refractivity contribution in [1.82, 2.24) is 4.57 Å². The molecule has 1 aromatic heterocycles. The first-order chi connectivity index (χ1) is 12.3. The number of aryl methyl sites for hydroxylation is 1. The number of nitroso groups, excluding NO2 is 1. The molecule has 0 saturated carbocycles. The van der Waals surface area contributed by atoms with E-state index in [1.807, 2.05) is 0 Å². The van der Waals surface area contributed by atoms with Gasteiger partial charge in [-0.15, -0.1) is 0 Å². The van der Waals surface area contributed by atoms with Crippen LogP contribution in [-0.4, -0.2) is 32.5 Å². The average Bonchev–Trinajstić information content (AvgIpc) is 2.61. The molecule has 1 heterocycles. The van der Waals surface area contributed by atoms with Crippen molar-refractivity contribution in [3.63, 3.8) is 0 Å². The third kappa shape index (κ3) is 2.77. The summed E-state index contributed by atoms with van der Waals surface area (Å²) in [6.45, 7) is 0. The monoisotopic (exact) mass is 354 g/mol. The van der Waals surface area contributed by atoms with Crippen LogP contribution in [0.5, 0.6) is 11.5 Å². The van der Waals surface area contributed by atoms with Gasteiger partial charge in [-0.3, -0.25) is 9.59 Å². The van der Waals surface area contributed by atoms with E-state index in [2.05, 4.69) is 5.32 Å². The highest BCUT2D eigenvalue weighted by molar-refractivity contribution is 6.09. The van der Waals surface area contributed by atoms with Gasteiger partial charge in [-0.05, 0) is 18.2 Å². The fourth-order valence-corrected chi connectivity index (χ4v) is 2.69. The molecule has 1 amide bonds. The van der Waals surface area contributed by atoms with Gasteiger partial charge in [-0.25, -0.2) is 0 Å². The van der Waals surface area contributed by atoms with Gasteiger partial charge in [-0.2, -0.15) is 0 Å². The molecule has 0 aliphatic rings. The Balaban J connectivity index is 2.11. The number of phenolic OH excluding ortho intramolecular Hbond substituents is 1. The number of fused-ring (bicyclic) bond motifs is 1. The van der Waals surface area contributed by atoms with Gasteiger partial charge in [0.1, 0.15) is 17.1 Å². The lowest BCUT2D eigenvalue weighted by molar-refractivity contribution is -0.428. The maximum absolute atomic E-state index is 12.6. The van der Waals surface area contributed by atoms with Crippen molar-refractivity contribution in [3.8, 4) is 11.5 Å². The standard InChI is InChI=1S/C18H15N3O5/c1-20-13-6-4-3-5-11(13)16(23)15(18(20)25)17(24)19-12-9-10(21(2)26)7-8-14(12)22/h3-9H,1-2H3,(H2-,19,22,23,24,25,26)/p+1. The van der Waals surface area contributed by atoms with Gasteiger partial charge in [0.05, 0.1) is 11.2 Å². The third-order valence-corrected chi connectivity index (χ3v) is 4.09. The van der Waals surface area contributed by atoms with Gasteiger partial charge >= 0.3 is 0 Å². The quantitative estimate of drug-likeness (QED) is 0.493. The molecule has 0 aliphatic heterocycles. The molecule has 0 saturated heterocycles. The minimum Gasteiger partial charge on any atom is -0.506 e. The second-order valence-electron chi connectivity index (χ2n) is 5.76. The third-order valence-electron chi connectivity index (χ3n) is 4.09. The van der Waals surface area contributed by atoms with E-state index in [1.165, 1.54) is 36.9 Å². The Labute approximate surface area is 147 Å². The lowest BCUT2D eigenvalue weighted by Crippen LogP contribution is -2.28. The van der Waals surface area contributed by atoms with Crippen LogP contribution >= 0.6 is 0 Å². The highest BCUT2D eigenvalue weighted by Gasteiger charge is 2.22. The molecule has 3 rings (SSSR count). The number of rotatable bonds is 3.